The molecule has 1 N–H and O–H groups in total. The van der Waals surface area contributed by atoms with Gasteiger partial charge in [0.05, 0.1) is 19.3 Å². The van der Waals surface area contributed by atoms with Crippen molar-refractivity contribution in [3.8, 4) is 11.5 Å². The number of fused-ring (bicyclic) bond motifs is 1. The minimum Gasteiger partial charge on any atom is -0.493 e. The number of carbonyl (C=O) groups excluding carboxylic acids is 3. The van der Waals surface area contributed by atoms with Crippen LogP contribution in [0, 0.1) is 0 Å². The number of hydrogen-bond acceptors (Lipinski definition) is 5. The number of urea groups is 1. The molecule has 1 fully saturated rings. The van der Waals surface area contributed by atoms with Gasteiger partial charge in [0.2, 0.25) is 0 Å². The van der Waals surface area contributed by atoms with Gasteiger partial charge in [-0.05, 0) is 36.4 Å². The number of rotatable bonds is 7. The van der Waals surface area contributed by atoms with Gasteiger partial charge in [0.1, 0.15) is 12.2 Å². The van der Waals surface area contributed by atoms with Crippen LogP contribution in [0.1, 0.15) is 5.56 Å². The van der Waals surface area contributed by atoms with Crippen molar-refractivity contribution < 1.29 is 23.9 Å². The molecule has 0 atom stereocenters. The maximum atomic E-state index is 13.2. The van der Waals surface area contributed by atoms with E-state index in [0.29, 0.717) is 35.9 Å². The number of benzene rings is 3. The molecule has 4 amide bonds. The second kappa shape index (κ2) is 9.79. The van der Waals surface area contributed by atoms with E-state index < -0.39 is 17.8 Å². The molecule has 0 unspecified atom stereocenters. The lowest BCUT2D eigenvalue weighted by molar-refractivity contribution is -0.122. The van der Waals surface area contributed by atoms with E-state index in [1.807, 2.05) is 59.3 Å². The van der Waals surface area contributed by atoms with E-state index in [1.165, 1.54) is 6.08 Å². The van der Waals surface area contributed by atoms with E-state index >= 15 is 0 Å². The number of aromatic nitrogens is 1. The largest absolute Gasteiger partial charge is 0.493 e. The quantitative estimate of drug-likeness (QED) is 0.312. The van der Waals surface area contributed by atoms with Gasteiger partial charge in [-0.15, -0.1) is 0 Å². The second-order valence-corrected chi connectivity index (χ2v) is 8.09. The first-order valence-electron chi connectivity index (χ1n) is 11.4. The summed E-state index contributed by atoms with van der Waals surface area (Å²) in [7, 11) is 1.59. The van der Waals surface area contributed by atoms with Crippen molar-refractivity contribution >= 4 is 40.5 Å². The summed E-state index contributed by atoms with van der Waals surface area (Å²) in [5.41, 5.74) is 1.87. The molecule has 36 heavy (non-hydrogen) atoms. The van der Waals surface area contributed by atoms with Crippen LogP contribution in [0.15, 0.2) is 90.6 Å². The van der Waals surface area contributed by atoms with E-state index in [4.69, 9.17) is 9.47 Å². The number of barbiturate groups is 1. The Labute approximate surface area is 207 Å². The van der Waals surface area contributed by atoms with Gasteiger partial charge in [0, 0.05) is 22.7 Å². The SMILES string of the molecule is COc1ccccc1OCCn1cc(/C=C2/C(=O)NC(=O)N(c3ccccc3)C2=O)c2ccccc21. The molecule has 0 aliphatic carbocycles. The number of ether oxygens (including phenoxy) is 2. The van der Waals surface area contributed by atoms with Crippen molar-refractivity contribution in [2.45, 2.75) is 6.54 Å². The van der Waals surface area contributed by atoms with Crippen molar-refractivity contribution in [2.24, 2.45) is 0 Å². The fraction of sp³-hybridized carbons (Fsp3) is 0.107. The topological polar surface area (TPSA) is 89.9 Å². The Morgan fingerprint density at radius 1 is 0.861 bits per heavy atom. The molecule has 180 valence electrons. The fourth-order valence-corrected chi connectivity index (χ4v) is 4.19. The summed E-state index contributed by atoms with van der Waals surface area (Å²) in [5, 5.41) is 3.13. The molecule has 5 rings (SSSR count). The molecule has 0 spiro atoms. The van der Waals surface area contributed by atoms with Gasteiger partial charge >= 0.3 is 6.03 Å². The zero-order chi connectivity index (χ0) is 25.1. The van der Waals surface area contributed by atoms with E-state index in [9.17, 15) is 14.4 Å². The number of carbonyl (C=O) groups is 3. The van der Waals surface area contributed by atoms with Crippen LogP contribution in [-0.4, -0.2) is 36.1 Å². The lowest BCUT2D eigenvalue weighted by Gasteiger charge is -2.26. The van der Waals surface area contributed by atoms with Crippen molar-refractivity contribution in [1.29, 1.82) is 0 Å². The Morgan fingerprint density at radius 2 is 1.56 bits per heavy atom. The molecular formula is C28H23N3O5. The van der Waals surface area contributed by atoms with Crippen LogP contribution in [-0.2, 0) is 16.1 Å². The molecule has 0 bridgehead atoms. The molecule has 8 heteroatoms. The lowest BCUT2D eigenvalue weighted by Crippen LogP contribution is -2.54. The fourth-order valence-electron chi connectivity index (χ4n) is 4.19. The molecule has 1 aromatic heterocycles. The maximum absolute atomic E-state index is 13.2. The van der Waals surface area contributed by atoms with E-state index in [2.05, 4.69) is 5.32 Å². The summed E-state index contributed by atoms with van der Waals surface area (Å²) >= 11 is 0. The van der Waals surface area contributed by atoms with Crippen LogP contribution in [0.4, 0.5) is 10.5 Å². The van der Waals surface area contributed by atoms with Gasteiger partial charge in [-0.25, -0.2) is 9.69 Å². The third-order valence-electron chi connectivity index (χ3n) is 5.89. The number of hydrogen-bond donors (Lipinski definition) is 1. The highest BCUT2D eigenvalue weighted by atomic mass is 16.5. The Balaban J connectivity index is 1.45. The van der Waals surface area contributed by atoms with Crippen LogP contribution < -0.4 is 19.7 Å². The highest BCUT2D eigenvalue weighted by Gasteiger charge is 2.36. The highest BCUT2D eigenvalue weighted by Crippen LogP contribution is 2.28. The molecule has 1 aliphatic heterocycles. The normalized spacial score (nSPS) is 14.9. The third-order valence-corrected chi connectivity index (χ3v) is 5.89. The number of nitrogens with zero attached hydrogens (tertiary/aromatic N) is 2. The Bertz CT molecular complexity index is 1490. The lowest BCUT2D eigenvalue weighted by atomic mass is 10.1. The summed E-state index contributed by atoms with van der Waals surface area (Å²) < 4.78 is 13.3. The second-order valence-electron chi connectivity index (χ2n) is 8.09. The number of nitrogens with one attached hydrogen (secondary N) is 1. The van der Waals surface area contributed by atoms with Crippen LogP contribution in [0.25, 0.3) is 17.0 Å². The zero-order valence-electron chi connectivity index (χ0n) is 19.5. The summed E-state index contributed by atoms with van der Waals surface area (Å²) in [6, 6.07) is 22.8. The van der Waals surface area contributed by atoms with Gasteiger partial charge < -0.3 is 14.0 Å². The average Bonchev–Trinajstić information content (AvgIpc) is 3.24. The first-order chi connectivity index (χ1) is 17.6. The standard InChI is InChI=1S/C28H23N3O5/c1-35-24-13-7-8-14-25(24)36-16-15-30-18-19(21-11-5-6-12-23(21)30)17-22-26(32)29-28(34)31(27(22)33)20-9-3-2-4-10-20/h2-14,17-18H,15-16H2,1H3,(H,29,32,34)/b22-17-. The van der Waals surface area contributed by atoms with Gasteiger partial charge in [0.25, 0.3) is 11.8 Å². The number of amides is 4. The van der Waals surface area contributed by atoms with E-state index in [1.54, 1.807) is 37.4 Å². The molecule has 1 aliphatic rings. The molecule has 4 aromatic rings. The number of imide groups is 2. The Morgan fingerprint density at radius 3 is 2.33 bits per heavy atom. The predicted molar refractivity (Wildman–Crippen MR) is 136 cm³/mol. The maximum Gasteiger partial charge on any atom is 0.335 e. The minimum absolute atomic E-state index is 0.119. The summed E-state index contributed by atoms with van der Waals surface area (Å²) in [6.45, 7) is 0.904. The van der Waals surface area contributed by atoms with Gasteiger partial charge in [-0.1, -0.05) is 48.5 Å². The first-order valence-corrected chi connectivity index (χ1v) is 11.4. The third kappa shape index (κ3) is 4.32. The summed E-state index contributed by atoms with van der Waals surface area (Å²) in [6.07, 6.45) is 3.40. The van der Waals surface area contributed by atoms with Crippen LogP contribution in [0.2, 0.25) is 0 Å². The van der Waals surface area contributed by atoms with Gasteiger partial charge in [0.15, 0.2) is 11.5 Å². The molecule has 0 saturated carbocycles. The van der Waals surface area contributed by atoms with Crippen LogP contribution in [0.5, 0.6) is 11.5 Å². The van der Waals surface area contributed by atoms with E-state index in [-0.39, 0.29) is 5.57 Å². The summed E-state index contributed by atoms with van der Waals surface area (Å²) in [4.78, 5) is 39.3. The smallest absolute Gasteiger partial charge is 0.335 e. The van der Waals surface area contributed by atoms with Crippen LogP contribution in [0.3, 0.4) is 0 Å². The zero-order valence-corrected chi connectivity index (χ0v) is 19.5. The van der Waals surface area contributed by atoms with Gasteiger partial charge in [-0.3, -0.25) is 14.9 Å². The van der Waals surface area contributed by atoms with Gasteiger partial charge in [-0.2, -0.15) is 0 Å². The van der Waals surface area contributed by atoms with Crippen molar-refractivity contribution in [3.05, 3.63) is 96.2 Å². The van der Waals surface area contributed by atoms with Crippen molar-refractivity contribution in [1.82, 2.24) is 9.88 Å². The average molecular weight is 482 g/mol. The highest BCUT2D eigenvalue weighted by molar-refractivity contribution is 6.39. The molecule has 1 saturated heterocycles. The van der Waals surface area contributed by atoms with Crippen molar-refractivity contribution in [3.63, 3.8) is 0 Å². The Hall–Kier alpha value is -4.85. The van der Waals surface area contributed by atoms with Crippen LogP contribution >= 0.6 is 0 Å². The molecule has 3 aromatic carbocycles. The number of anilines is 1. The van der Waals surface area contributed by atoms with E-state index in [0.717, 1.165) is 15.8 Å². The first kappa shape index (κ1) is 22.9. The van der Waals surface area contributed by atoms with Crippen molar-refractivity contribution in [2.75, 3.05) is 18.6 Å². The predicted octanol–water partition coefficient (Wildman–Crippen LogP) is 4.40. The summed E-state index contributed by atoms with van der Waals surface area (Å²) in [5.74, 6) is -0.103. The Kier molecular flexibility index (Phi) is 6.23. The molecular weight excluding hydrogens is 458 g/mol. The molecule has 2 heterocycles. The number of methoxy groups -OCH3 is 1. The molecule has 0 radical (unpaired) electrons. The monoisotopic (exact) mass is 481 g/mol. The molecule has 8 nitrogen and oxygen atoms in total. The minimum atomic E-state index is -0.774. The number of para-hydroxylation sites is 4.